The van der Waals surface area contributed by atoms with Gasteiger partial charge in [-0.15, -0.1) is 0 Å². The van der Waals surface area contributed by atoms with E-state index in [1.807, 2.05) is 68.9 Å². The first-order valence-electron chi connectivity index (χ1n) is 13.5. The number of hydrogen-bond donors (Lipinski definition) is 1. The maximum atomic E-state index is 13.9. The van der Waals surface area contributed by atoms with Crippen molar-refractivity contribution in [3.05, 3.63) is 47.8 Å². The van der Waals surface area contributed by atoms with E-state index in [4.69, 9.17) is 19.3 Å². The number of nitrogens with zero attached hydrogens (tertiary/aromatic N) is 5. The van der Waals surface area contributed by atoms with Gasteiger partial charge in [0.2, 0.25) is 6.79 Å². The number of nitrogens with one attached hydrogen (secondary N) is 1. The zero-order chi connectivity index (χ0) is 27.6. The van der Waals surface area contributed by atoms with E-state index in [-0.39, 0.29) is 31.3 Å². The molecule has 1 unspecified atom stereocenters. The second-order valence-corrected chi connectivity index (χ2v) is 11.2. The first-order valence-corrected chi connectivity index (χ1v) is 13.5. The first-order chi connectivity index (χ1) is 18.7. The van der Waals surface area contributed by atoms with Gasteiger partial charge < -0.3 is 29.0 Å². The van der Waals surface area contributed by atoms with Gasteiger partial charge in [-0.2, -0.15) is 5.10 Å². The van der Waals surface area contributed by atoms with Crippen LogP contribution in [0.3, 0.4) is 0 Å². The van der Waals surface area contributed by atoms with E-state index >= 15 is 0 Å². The van der Waals surface area contributed by atoms with Crippen LogP contribution in [0.1, 0.15) is 44.5 Å². The van der Waals surface area contributed by atoms with Gasteiger partial charge in [-0.1, -0.05) is 6.07 Å². The quantitative estimate of drug-likeness (QED) is 0.582. The molecule has 1 N–H and O–H groups in total. The van der Waals surface area contributed by atoms with Gasteiger partial charge in [0, 0.05) is 51.4 Å². The highest BCUT2D eigenvalue weighted by Gasteiger charge is 2.36. The summed E-state index contributed by atoms with van der Waals surface area (Å²) in [7, 11) is 1.96. The molecule has 11 heteroatoms. The topological polar surface area (TPSA) is 101 Å². The maximum Gasteiger partial charge on any atom is 0.318 e. The molecule has 1 atom stereocenters. The zero-order valence-corrected chi connectivity index (χ0v) is 23.2. The van der Waals surface area contributed by atoms with E-state index in [1.165, 1.54) is 5.01 Å². The summed E-state index contributed by atoms with van der Waals surface area (Å²) in [4.78, 5) is 31.0. The number of ether oxygens (including phenoxy) is 3. The summed E-state index contributed by atoms with van der Waals surface area (Å²) in [5.74, 6) is 1.10. The average Bonchev–Trinajstić information content (AvgIpc) is 3.64. The predicted molar refractivity (Wildman–Crippen MR) is 146 cm³/mol. The van der Waals surface area contributed by atoms with E-state index in [0.29, 0.717) is 44.2 Å². The lowest BCUT2D eigenvalue weighted by Crippen LogP contribution is -2.53. The third-order valence-corrected chi connectivity index (χ3v) is 7.07. The SMILES string of the molecule is Cn1cccc1C1=NN(C(=O)CN(CCN2CCOCC2)C(=O)NC(C)(C)C)C(c2ccc3c(c2)OCO3)C1. The molecule has 3 amide bonds. The van der Waals surface area contributed by atoms with Crippen LogP contribution in [0.25, 0.3) is 0 Å². The van der Waals surface area contributed by atoms with E-state index in [1.54, 1.807) is 4.90 Å². The molecule has 1 aromatic heterocycles. The molecule has 0 bridgehead atoms. The molecule has 210 valence electrons. The Morgan fingerprint density at radius 2 is 1.90 bits per heavy atom. The molecule has 0 radical (unpaired) electrons. The molecule has 39 heavy (non-hydrogen) atoms. The van der Waals surface area contributed by atoms with E-state index in [9.17, 15) is 9.59 Å². The van der Waals surface area contributed by atoms with Gasteiger partial charge in [0.15, 0.2) is 11.5 Å². The molecule has 3 aliphatic rings. The minimum absolute atomic E-state index is 0.0861. The van der Waals surface area contributed by atoms with Crippen molar-refractivity contribution in [2.45, 2.75) is 38.8 Å². The van der Waals surface area contributed by atoms with Crippen LogP contribution in [0.15, 0.2) is 41.6 Å². The van der Waals surface area contributed by atoms with Crippen LogP contribution in [0.5, 0.6) is 11.5 Å². The smallest absolute Gasteiger partial charge is 0.318 e. The second-order valence-electron chi connectivity index (χ2n) is 11.2. The number of urea groups is 1. The Morgan fingerprint density at radius 1 is 1.13 bits per heavy atom. The van der Waals surface area contributed by atoms with Crippen LogP contribution < -0.4 is 14.8 Å². The summed E-state index contributed by atoms with van der Waals surface area (Å²) in [6.45, 7) is 9.94. The van der Waals surface area contributed by atoms with Crippen molar-refractivity contribution in [1.29, 1.82) is 0 Å². The summed E-state index contributed by atoms with van der Waals surface area (Å²) in [5.41, 5.74) is 2.24. The predicted octanol–water partition coefficient (Wildman–Crippen LogP) is 2.57. The summed E-state index contributed by atoms with van der Waals surface area (Å²) >= 11 is 0. The largest absolute Gasteiger partial charge is 0.454 e. The van der Waals surface area contributed by atoms with Gasteiger partial charge in [0.05, 0.1) is 30.7 Å². The lowest BCUT2D eigenvalue weighted by molar-refractivity contribution is -0.133. The number of aryl methyl sites for hydroxylation is 1. The fourth-order valence-corrected chi connectivity index (χ4v) is 5.01. The number of amides is 3. The Kier molecular flexibility index (Phi) is 7.81. The van der Waals surface area contributed by atoms with Gasteiger partial charge >= 0.3 is 6.03 Å². The number of rotatable bonds is 7. The standard InChI is InChI=1S/C28H38N6O5/c1-28(2,3)29-27(36)33(11-10-32-12-14-37-15-13-32)18-26(35)34-23(17-21(30-34)22-6-5-9-31(22)4)20-7-8-24-25(16-20)39-19-38-24/h5-9,16,23H,10-15,17-19H2,1-4H3,(H,29,36). The van der Waals surface area contributed by atoms with Crippen LogP contribution in [-0.2, 0) is 16.6 Å². The van der Waals surface area contributed by atoms with Crippen molar-refractivity contribution < 1.29 is 23.8 Å². The van der Waals surface area contributed by atoms with Gasteiger partial charge in [0.25, 0.3) is 5.91 Å². The molecule has 2 aromatic rings. The molecule has 1 aromatic carbocycles. The molecular formula is C28H38N6O5. The summed E-state index contributed by atoms with van der Waals surface area (Å²) in [6.07, 6.45) is 2.51. The third-order valence-electron chi connectivity index (χ3n) is 7.07. The van der Waals surface area contributed by atoms with E-state index < -0.39 is 5.54 Å². The highest BCUT2D eigenvalue weighted by atomic mass is 16.7. The maximum absolute atomic E-state index is 13.9. The Balaban J connectivity index is 1.38. The van der Waals surface area contributed by atoms with Crippen LogP contribution in [0.4, 0.5) is 4.79 Å². The van der Waals surface area contributed by atoms with Gasteiger partial charge in [-0.3, -0.25) is 9.69 Å². The van der Waals surface area contributed by atoms with Crippen molar-refractivity contribution in [2.24, 2.45) is 12.1 Å². The number of carbonyl (C=O) groups is 2. The van der Waals surface area contributed by atoms with Crippen molar-refractivity contribution in [1.82, 2.24) is 24.7 Å². The number of aromatic nitrogens is 1. The van der Waals surface area contributed by atoms with Gasteiger partial charge in [-0.05, 0) is 50.6 Å². The highest BCUT2D eigenvalue weighted by molar-refractivity contribution is 6.02. The molecule has 1 fully saturated rings. The van der Waals surface area contributed by atoms with E-state index in [2.05, 4.69) is 10.2 Å². The van der Waals surface area contributed by atoms with Crippen LogP contribution in [0, 0.1) is 0 Å². The normalized spacial score (nSPS) is 19.2. The Hall–Kier alpha value is -3.57. The van der Waals surface area contributed by atoms with Gasteiger partial charge in [0.1, 0.15) is 6.54 Å². The van der Waals surface area contributed by atoms with Crippen molar-refractivity contribution in [3.8, 4) is 11.5 Å². The molecule has 1 saturated heterocycles. The number of benzene rings is 1. The van der Waals surface area contributed by atoms with Crippen LogP contribution in [0.2, 0.25) is 0 Å². The molecule has 5 rings (SSSR count). The molecule has 4 heterocycles. The molecule has 0 spiro atoms. The minimum atomic E-state index is -0.433. The zero-order valence-electron chi connectivity index (χ0n) is 23.2. The molecule has 0 aliphatic carbocycles. The fourth-order valence-electron chi connectivity index (χ4n) is 5.01. The van der Waals surface area contributed by atoms with Crippen LogP contribution in [-0.4, -0.2) is 95.3 Å². The average molecular weight is 539 g/mol. The lowest BCUT2D eigenvalue weighted by atomic mass is 10.00. The fraction of sp³-hybridized carbons (Fsp3) is 0.536. The van der Waals surface area contributed by atoms with Crippen molar-refractivity contribution in [2.75, 3.05) is 52.7 Å². The first kappa shape index (κ1) is 27.0. The summed E-state index contributed by atoms with van der Waals surface area (Å²) in [6, 6.07) is 9.09. The number of hydrazone groups is 1. The van der Waals surface area contributed by atoms with Crippen molar-refractivity contribution in [3.63, 3.8) is 0 Å². The molecule has 3 aliphatic heterocycles. The number of carbonyl (C=O) groups excluding carboxylic acids is 2. The van der Waals surface area contributed by atoms with E-state index in [0.717, 1.165) is 30.1 Å². The summed E-state index contributed by atoms with van der Waals surface area (Å²) < 4.78 is 18.5. The molecule has 11 nitrogen and oxygen atoms in total. The number of fused-ring (bicyclic) bond motifs is 1. The Bertz CT molecular complexity index is 1230. The Morgan fingerprint density at radius 3 is 2.62 bits per heavy atom. The Labute approximate surface area is 229 Å². The number of hydrogen-bond acceptors (Lipinski definition) is 7. The third kappa shape index (κ3) is 6.36. The lowest BCUT2D eigenvalue weighted by Gasteiger charge is -2.32. The summed E-state index contributed by atoms with van der Waals surface area (Å²) in [5, 5.41) is 9.35. The number of morpholine rings is 1. The molecule has 0 saturated carbocycles. The second kappa shape index (κ2) is 11.3. The van der Waals surface area contributed by atoms with Crippen LogP contribution >= 0.6 is 0 Å². The minimum Gasteiger partial charge on any atom is -0.454 e. The van der Waals surface area contributed by atoms with Crippen molar-refractivity contribution >= 4 is 17.6 Å². The van der Waals surface area contributed by atoms with Gasteiger partial charge in [-0.25, -0.2) is 9.80 Å². The monoisotopic (exact) mass is 538 g/mol. The molecular weight excluding hydrogens is 500 g/mol. The highest BCUT2D eigenvalue weighted by Crippen LogP contribution is 2.39.